The van der Waals surface area contributed by atoms with Crippen molar-refractivity contribution in [2.24, 2.45) is 5.92 Å². The molecule has 0 spiro atoms. The van der Waals surface area contributed by atoms with Crippen LogP contribution >= 0.6 is 15.6 Å². The van der Waals surface area contributed by atoms with E-state index < -0.39 is 97.5 Å². The zero-order valence-corrected chi connectivity index (χ0v) is 67.1. The quantitative estimate of drug-likeness (QED) is 0.0222. The minimum absolute atomic E-state index is 0.107. The van der Waals surface area contributed by atoms with E-state index in [-0.39, 0.29) is 25.7 Å². The smallest absolute Gasteiger partial charge is 0.462 e. The molecule has 0 rings (SSSR count). The van der Waals surface area contributed by atoms with E-state index in [1.807, 2.05) is 0 Å². The summed E-state index contributed by atoms with van der Waals surface area (Å²) in [7, 11) is -9.91. The van der Waals surface area contributed by atoms with Gasteiger partial charge in [-0.2, -0.15) is 0 Å². The van der Waals surface area contributed by atoms with Crippen LogP contribution in [0, 0.1) is 5.92 Å². The van der Waals surface area contributed by atoms with E-state index in [1.165, 1.54) is 250 Å². The third-order valence-corrected chi connectivity index (χ3v) is 20.9. The fourth-order valence-electron chi connectivity index (χ4n) is 12.6. The van der Waals surface area contributed by atoms with Gasteiger partial charge in [-0.3, -0.25) is 37.3 Å². The number of phosphoric ester groups is 2. The van der Waals surface area contributed by atoms with Crippen LogP contribution < -0.4 is 0 Å². The van der Waals surface area contributed by atoms with Crippen molar-refractivity contribution in [3.05, 3.63) is 0 Å². The summed E-state index contributed by atoms with van der Waals surface area (Å²) in [6, 6.07) is 0. The van der Waals surface area contributed by atoms with Crippen LogP contribution in [0.4, 0.5) is 0 Å². The van der Waals surface area contributed by atoms with Crippen molar-refractivity contribution in [2.75, 3.05) is 39.6 Å². The van der Waals surface area contributed by atoms with E-state index in [1.54, 1.807) is 0 Å². The Bertz CT molecular complexity index is 1910. The van der Waals surface area contributed by atoms with Crippen LogP contribution in [-0.4, -0.2) is 96.7 Å². The van der Waals surface area contributed by atoms with Crippen LogP contribution in [0.1, 0.15) is 433 Å². The van der Waals surface area contributed by atoms with E-state index in [9.17, 15) is 43.2 Å². The summed E-state index contributed by atoms with van der Waals surface area (Å²) in [6.07, 6.45) is 65.3. The van der Waals surface area contributed by atoms with Crippen molar-refractivity contribution in [1.29, 1.82) is 0 Å². The highest BCUT2D eigenvalue weighted by molar-refractivity contribution is 7.47. The first-order valence-corrected chi connectivity index (χ1v) is 45.1. The van der Waals surface area contributed by atoms with Gasteiger partial charge in [0.05, 0.1) is 26.4 Å². The topological polar surface area (TPSA) is 237 Å². The molecule has 0 aromatic rings. The average molecular weight is 1470 g/mol. The molecule has 19 heteroatoms. The molecule has 0 saturated carbocycles. The van der Waals surface area contributed by atoms with Crippen LogP contribution in [-0.2, 0) is 65.4 Å². The molecule has 0 aliphatic carbocycles. The molecule has 0 aromatic heterocycles. The van der Waals surface area contributed by atoms with Crippen molar-refractivity contribution >= 4 is 39.5 Å². The number of aliphatic hydroxyl groups is 1. The van der Waals surface area contributed by atoms with Gasteiger partial charge in [-0.15, -0.1) is 0 Å². The molecule has 594 valence electrons. The van der Waals surface area contributed by atoms with Crippen molar-refractivity contribution in [2.45, 2.75) is 451 Å². The normalized spacial score (nSPS) is 13.8. The van der Waals surface area contributed by atoms with Gasteiger partial charge in [0, 0.05) is 25.7 Å². The van der Waals surface area contributed by atoms with Gasteiger partial charge in [0.2, 0.25) is 0 Å². The van der Waals surface area contributed by atoms with Crippen molar-refractivity contribution in [3.8, 4) is 0 Å². The Morgan fingerprint density at radius 2 is 0.460 bits per heavy atom. The number of ether oxygens (including phenoxy) is 4. The zero-order valence-electron chi connectivity index (χ0n) is 65.3. The first-order chi connectivity index (χ1) is 48.5. The molecule has 0 aliphatic heterocycles. The van der Waals surface area contributed by atoms with Crippen LogP contribution in [0.3, 0.4) is 0 Å². The lowest BCUT2D eigenvalue weighted by Crippen LogP contribution is -2.30. The highest BCUT2D eigenvalue weighted by atomic mass is 31.2. The molecule has 0 aromatic carbocycles. The molecule has 0 amide bonds. The van der Waals surface area contributed by atoms with Crippen LogP contribution in [0.2, 0.25) is 0 Å². The maximum Gasteiger partial charge on any atom is 0.472 e. The van der Waals surface area contributed by atoms with Gasteiger partial charge in [-0.25, -0.2) is 9.13 Å². The maximum atomic E-state index is 13.1. The predicted octanol–water partition coefficient (Wildman–Crippen LogP) is 24.4. The summed E-state index contributed by atoms with van der Waals surface area (Å²) in [5.74, 6) is -1.33. The summed E-state index contributed by atoms with van der Waals surface area (Å²) < 4.78 is 68.7. The second-order valence-electron chi connectivity index (χ2n) is 29.6. The van der Waals surface area contributed by atoms with Crippen LogP contribution in [0.25, 0.3) is 0 Å². The summed E-state index contributed by atoms with van der Waals surface area (Å²) in [6.45, 7) is 7.31. The molecule has 2 unspecified atom stereocenters. The van der Waals surface area contributed by atoms with Gasteiger partial charge < -0.3 is 33.8 Å². The number of carbonyl (C=O) groups excluding carboxylic acids is 4. The summed E-state index contributed by atoms with van der Waals surface area (Å²) >= 11 is 0. The Morgan fingerprint density at radius 3 is 0.680 bits per heavy atom. The van der Waals surface area contributed by atoms with Crippen LogP contribution in [0.5, 0.6) is 0 Å². The predicted molar refractivity (Wildman–Crippen MR) is 409 cm³/mol. The maximum absolute atomic E-state index is 13.1. The van der Waals surface area contributed by atoms with Crippen molar-refractivity contribution in [1.82, 2.24) is 0 Å². The summed E-state index contributed by atoms with van der Waals surface area (Å²) in [5, 5.41) is 10.6. The average Bonchev–Trinajstić information content (AvgIpc) is 1.11. The van der Waals surface area contributed by atoms with E-state index in [0.29, 0.717) is 25.7 Å². The largest absolute Gasteiger partial charge is 0.472 e. The Hall–Kier alpha value is -1.94. The first-order valence-electron chi connectivity index (χ1n) is 42.1. The zero-order chi connectivity index (χ0) is 73.4. The van der Waals surface area contributed by atoms with Gasteiger partial charge in [0.15, 0.2) is 12.2 Å². The van der Waals surface area contributed by atoms with Crippen molar-refractivity contribution < 1.29 is 80.2 Å². The van der Waals surface area contributed by atoms with E-state index in [4.69, 9.17) is 37.0 Å². The fourth-order valence-corrected chi connectivity index (χ4v) is 14.2. The molecule has 0 fully saturated rings. The molecule has 0 radical (unpaired) electrons. The molecule has 3 N–H and O–H groups in total. The minimum atomic E-state index is -4.96. The second kappa shape index (κ2) is 73.9. The number of carbonyl (C=O) groups is 4. The lowest BCUT2D eigenvalue weighted by molar-refractivity contribution is -0.161. The van der Waals surface area contributed by atoms with Gasteiger partial charge in [-0.05, 0) is 31.6 Å². The number of hydrogen-bond donors (Lipinski definition) is 3. The SMILES string of the molecule is CCCCCCCCCCCCCCCCCCCCCC(=O)O[C@H](COC(=O)CCCCCCCCCCCCCCCCCCCC)COP(=O)(O)OC[C@@H](O)COP(=O)(O)OC[C@@H](COC(=O)CCCCCCCCCC)OC(=O)CCCCCCCCCCCCCCC(C)C. The van der Waals surface area contributed by atoms with E-state index in [0.717, 1.165) is 102 Å². The fraction of sp³-hybridized carbons (Fsp3) is 0.951. The summed E-state index contributed by atoms with van der Waals surface area (Å²) in [4.78, 5) is 72.9. The molecular weight excluding hydrogens is 1310 g/mol. The van der Waals surface area contributed by atoms with Gasteiger partial charge >= 0.3 is 39.5 Å². The van der Waals surface area contributed by atoms with Crippen LogP contribution in [0.15, 0.2) is 0 Å². The van der Waals surface area contributed by atoms with Gasteiger partial charge in [0.1, 0.15) is 19.3 Å². The Labute approximate surface area is 613 Å². The standard InChI is InChI=1S/C81H158O17P2/c1-6-9-12-15-18-21-23-25-27-29-31-33-35-37-42-46-51-56-61-66-80(85)98-77(71-92-79(84)65-60-55-50-45-41-36-34-32-30-28-26-24-22-19-16-13-10-7-2)73-96-100(89,90)94-69-75(82)68-93-99(87,88)95-72-76(70-91-78(83)64-59-54-49-20-17-14-11-8-3)97-81(86)67-62-57-52-47-43-39-38-40-44-48-53-58-63-74(4)5/h74-77,82H,6-73H2,1-5H3,(H,87,88)(H,89,90)/t75-,76+,77+/m0/s1. The van der Waals surface area contributed by atoms with Crippen molar-refractivity contribution in [3.63, 3.8) is 0 Å². The van der Waals surface area contributed by atoms with Gasteiger partial charge in [-0.1, -0.05) is 381 Å². The first kappa shape index (κ1) is 98.1. The molecule has 100 heavy (non-hydrogen) atoms. The monoisotopic (exact) mass is 1470 g/mol. The molecule has 5 atom stereocenters. The lowest BCUT2D eigenvalue weighted by Gasteiger charge is -2.21. The molecular formula is C81H158O17P2. The third-order valence-electron chi connectivity index (χ3n) is 19.0. The van der Waals surface area contributed by atoms with E-state index in [2.05, 4.69) is 34.6 Å². The number of phosphoric acid groups is 2. The lowest BCUT2D eigenvalue weighted by atomic mass is 10.0. The Balaban J connectivity index is 5.20. The number of unbranched alkanes of at least 4 members (excludes halogenated alkanes) is 53. The molecule has 0 saturated heterocycles. The highest BCUT2D eigenvalue weighted by Gasteiger charge is 2.30. The third kappa shape index (κ3) is 74.3. The second-order valence-corrected chi connectivity index (χ2v) is 32.5. The number of hydrogen-bond acceptors (Lipinski definition) is 15. The highest BCUT2D eigenvalue weighted by Crippen LogP contribution is 2.45. The number of esters is 4. The molecule has 0 bridgehead atoms. The summed E-state index contributed by atoms with van der Waals surface area (Å²) in [5.41, 5.74) is 0. The molecule has 0 heterocycles. The Morgan fingerprint density at radius 1 is 0.270 bits per heavy atom. The van der Waals surface area contributed by atoms with Gasteiger partial charge in [0.25, 0.3) is 0 Å². The number of aliphatic hydroxyl groups excluding tert-OH is 1. The van der Waals surface area contributed by atoms with E-state index >= 15 is 0 Å². The molecule has 0 aliphatic rings. The minimum Gasteiger partial charge on any atom is -0.462 e. The molecule has 17 nitrogen and oxygen atoms in total. The number of rotatable bonds is 81. The Kier molecular flexibility index (Phi) is 72.5.